The second-order valence-electron chi connectivity index (χ2n) is 3.71. The molecule has 3 nitrogen and oxygen atoms in total. The molecular weight excluding hydrogens is 294 g/mol. The molecule has 0 saturated carbocycles. The number of carbonyl (C=O) groups excluding carboxylic acids is 1. The average molecular weight is 307 g/mol. The molecule has 0 N–H and O–H groups in total. The van der Waals surface area contributed by atoms with Crippen LogP contribution in [-0.4, -0.2) is 11.0 Å². The maximum atomic E-state index is 11.4. The predicted molar refractivity (Wildman–Crippen MR) is 73.3 cm³/mol. The van der Waals surface area contributed by atoms with Crippen molar-refractivity contribution >= 4 is 5.97 Å². The first-order valence-electron chi connectivity index (χ1n) is 5.87. The van der Waals surface area contributed by atoms with Crippen LogP contribution in [-0.2, 0) is 17.1 Å². The number of esters is 1. The Hall–Kier alpha value is -2.16. The van der Waals surface area contributed by atoms with Gasteiger partial charge in [-0.2, -0.15) is 30.3 Å². The van der Waals surface area contributed by atoms with Gasteiger partial charge in [0.25, 0.3) is 5.97 Å². The first-order chi connectivity index (χ1) is 9.36. The van der Waals surface area contributed by atoms with E-state index in [0.717, 1.165) is 0 Å². The SMILES string of the molecule is O=C(O[c-]1cccc1)c1cccnc1.[Fe+2].c1cc[cH-]c1. The standard InChI is InChI=1S/C11H8NO2.C5H5.Fe/c13-11(9-4-3-7-12-8-9)14-10-5-1-2-6-10;1-2-4-5-3-1;/h1-8H;1-5H;/q2*-1;+2. The van der Waals surface area contributed by atoms with Crippen LogP contribution in [0.4, 0.5) is 0 Å². The normalized spacial score (nSPS) is 8.80. The minimum Gasteiger partial charge on any atom is -0.514 e. The fourth-order valence-corrected chi connectivity index (χ4v) is 1.39. The Morgan fingerprint density at radius 1 is 1.10 bits per heavy atom. The summed E-state index contributed by atoms with van der Waals surface area (Å²) in [5, 5.41) is 0. The van der Waals surface area contributed by atoms with E-state index in [-0.39, 0.29) is 23.0 Å². The van der Waals surface area contributed by atoms with E-state index >= 15 is 0 Å². The maximum Gasteiger partial charge on any atom is 2.00 e. The van der Waals surface area contributed by atoms with Gasteiger partial charge in [0.05, 0.1) is 0 Å². The van der Waals surface area contributed by atoms with Crippen LogP contribution >= 0.6 is 0 Å². The number of carbonyl (C=O) groups is 1. The van der Waals surface area contributed by atoms with Gasteiger partial charge in [-0.05, 0) is 6.07 Å². The molecule has 3 rings (SSSR count). The Balaban J connectivity index is 0.000000283. The van der Waals surface area contributed by atoms with Gasteiger partial charge in [-0.1, -0.05) is 6.07 Å². The van der Waals surface area contributed by atoms with Gasteiger partial charge in [-0.25, -0.2) is 12.1 Å². The van der Waals surface area contributed by atoms with Crippen LogP contribution in [0.5, 0.6) is 5.75 Å². The van der Waals surface area contributed by atoms with Crippen molar-refractivity contribution in [1.29, 1.82) is 0 Å². The molecule has 0 fully saturated rings. The number of nitrogens with zero attached hydrogens (tertiary/aromatic N) is 1. The van der Waals surface area contributed by atoms with Gasteiger partial charge in [0.1, 0.15) is 0 Å². The van der Waals surface area contributed by atoms with Crippen LogP contribution in [0.25, 0.3) is 0 Å². The van der Waals surface area contributed by atoms with Crippen molar-refractivity contribution in [2.45, 2.75) is 0 Å². The molecule has 2 aromatic carbocycles. The molecule has 0 spiro atoms. The molecule has 0 saturated heterocycles. The van der Waals surface area contributed by atoms with Crippen molar-refractivity contribution in [2.75, 3.05) is 0 Å². The van der Waals surface area contributed by atoms with Crippen molar-refractivity contribution in [3.05, 3.63) is 84.7 Å². The van der Waals surface area contributed by atoms with Gasteiger partial charge in [-0.15, -0.1) is 12.1 Å². The van der Waals surface area contributed by atoms with Gasteiger partial charge >= 0.3 is 17.1 Å². The van der Waals surface area contributed by atoms with Crippen molar-refractivity contribution in [2.24, 2.45) is 0 Å². The van der Waals surface area contributed by atoms with Crippen LogP contribution in [0.1, 0.15) is 10.4 Å². The third-order valence-electron chi connectivity index (χ3n) is 2.30. The van der Waals surface area contributed by atoms with E-state index in [4.69, 9.17) is 4.74 Å². The van der Waals surface area contributed by atoms with Gasteiger partial charge in [0, 0.05) is 23.7 Å². The zero-order valence-electron chi connectivity index (χ0n) is 10.6. The average Bonchev–Trinajstić information content (AvgIpc) is 3.15. The summed E-state index contributed by atoms with van der Waals surface area (Å²) < 4.78 is 5.06. The molecular formula is C16H13FeNO2. The van der Waals surface area contributed by atoms with Crippen LogP contribution in [0.2, 0.25) is 0 Å². The molecule has 3 aromatic rings. The van der Waals surface area contributed by atoms with Crippen molar-refractivity contribution < 1.29 is 26.6 Å². The molecule has 0 bridgehead atoms. The third-order valence-corrected chi connectivity index (χ3v) is 2.30. The number of aromatic nitrogens is 1. The van der Waals surface area contributed by atoms with E-state index < -0.39 is 0 Å². The van der Waals surface area contributed by atoms with E-state index in [1.807, 2.05) is 42.5 Å². The Kier molecular flexibility index (Phi) is 7.04. The topological polar surface area (TPSA) is 39.2 Å². The second kappa shape index (κ2) is 8.86. The summed E-state index contributed by atoms with van der Waals surface area (Å²) in [6.45, 7) is 0. The number of pyridine rings is 1. The minimum absolute atomic E-state index is 0. The third kappa shape index (κ3) is 5.22. The summed E-state index contributed by atoms with van der Waals surface area (Å²) in [4.78, 5) is 15.3. The fourth-order valence-electron chi connectivity index (χ4n) is 1.39. The number of hydrogen-bond donors (Lipinski definition) is 0. The van der Waals surface area contributed by atoms with E-state index in [1.165, 1.54) is 6.20 Å². The summed E-state index contributed by atoms with van der Waals surface area (Å²) in [7, 11) is 0. The van der Waals surface area contributed by atoms with Crippen molar-refractivity contribution in [1.82, 2.24) is 4.98 Å². The quantitative estimate of drug-likeness (QED) is 0.414. The molecule has 20 heavy (non-hydrogen) atoms. The summed E-state index contributed by atoms with van der Waals surface area (Å²) in [5.41, 5.74) is 0.453. The van der Waals surface area contributed by atoms with E-state index in [9.17, 15) is 4.79 Å². The molecule has 0 amide bonds. The first kappa shape index (κ1) is 15.9. The van der Waals surface area contributed by atoms with E-state index in [1.54, 1.807) is 30.5 Å². The molecule has 0 aliphatic heterocycles. The Labute approximate surface area is 128 Å². The first-order valence-corrected chi connectivity index (χ1v) is 5.87. The predicted octanol–water partition coefficient (Wildman–Crippen LogP) is 3.42. The molecule has 4 heteroatoms. The number of ether oxygens (including phenoxy) is 1. The fraction of sp³-hybridized carbons (Fsp3) is 0. The number of rotatable bonds is 2. The molecule has 0 aliphatic carbocycles. The molecule has 0 aliphatic rings. The van der Waals surface area contributed by atoms with Gasteiger partial charge in [0.15, 0.2) is 0 Å². The zero-order chi connectivity index (χ0) is 13.3. The van der Waals surface area contributed by atoms with Crippen LogP contribution in [0.3, 0.4) is 0 Å². The van der Waals surface area contributed by atoms with Gasteiger partial charge in [-0.3, -0.25) is 4.98 Å². The maximum absolute atomic E-state index is 11.4. The van der Waals surface area contributed by atoms with Crippen molar-refractivity contribution in [3.63, 3.8) is 0 Å². The molecule has 1 heterocycles. The summed E-state index contributed by atoms with van der Waals surface area (Å²) >= 11 is 0. The zero-order valence-corrected chi connectivity index (χ0v) is 11.7. The molecule has 0 unspecified atom stereocenters. The van der Waals surface area contributed by atoms with Crippen molar-refractivity contribution in [3.8, 4) is 5.75 Å². The van der Waals surface area contributed by atoms with E-state index in [0.29, 0.717) is 11.3 Å². The Morgan fingerprint density at radius 2 is 1.80 bits per heavy atom. The monoisotopic (exact) mass is 307 g/mol. The second-order valence-corrected chi connectivity index (χ2v) is 3.71. The van der Waals surface area contributed by atoms with Crippen LogP contribution in [0.15, 0.2) is 79.1 Å². The Morgan fingerprint density at radius 3 is 2.30 bits per heavy atom. The van der Waals surface area contributed by atoms with Gasteiger partial charge in [0.2, 0.25) is 0 Å². The summed E-state index contributed by atoms with van der Waals surface area (Å²) in [6, 6.07) is 20.4. The smallest absolute Gasteiger partial charge is 0.514 e. The molecule has 0 radical (unpaired) electrons. The van der Waals surface area contributed by atoms with Crippen LogP contribution in [0, 0.1) is 0 Å². The molecule has 102 valence electrons. The van der Waals surface area contributed by atoms with Crippen LogP contribution < -0.4 is 4.74 Å². The largest absolute Gasteiger partial charge is 2.00 e. The van der Waals surface area contributed by atoms with E-state index in [2.05, 4.69) is 4.98 Å². The summed E-state index contributed by atoms with van der Waals surface area (Å²) in [6.07, 6.45) is 3.09. The summed E-state index contributed by atoms with van der Waals surface area (Å²) in [5.74, 6) is 0.170. The molecule has 0 atom stereocenters. The van der Waals surface area contributed by atoms with Gasteiger partial charge < -0.3 is 9.53 Å². The minimum atomic E-state index is -0.385. The number of hydrogen-bond acceptors (Lipinski definition) is 3. The molecule has 1 aromatic heterocycles. The Bertz CT molecular complexity index is 557.